The lowest BCUT2D eigenvalue weighted by Gasteiger charge is -2.02. The maximum atomic E-state index is 10.9. The molecule has 98 valence electrons. The Kier molecular flexibility index (Phi) is 2.66. The van der Waals surface area contributed by atoms with Crippen LogP contribution >= 0.6 is 0 Å². The number of hydrogen-bond donors (Lipinski definition) is 2. The number of carbonyl (C=O) groups is 1. The molecule has 1 aliphatic carbocycles. The minimum absolute atomic E-state index is 0.0500. The van der Waals surface area contributed by atoms with Gasteiger partial charge in [-0.25, -0.2) is 4.98 Å². The van der Waals surface area contributed by atoms with E-state index in [2.05, 4.69) is 23.0 Å². The fraction of sp³-hybridized carbons (Fsp3) is 0.333. The molecule has 0 amide bonds. The van der Waals surface area contributed by atoms with Crippen molar-refractivity contribution >= 4 is 5.97 Å². The molecule has 0 radical (unpaired) electrons. The molecule has 0 saturated heterocycles. The van der Waals surface area contributed by atoms with E-state index < -0.39 is 5.97 Å². The Bertz CT molecular complexity index is 645. The maximum absolute atomic E-state index is 10.9. The van der Waals surface area contributed by atoms with Crippen LogP contribution in [0.3, 0.4) is 0 Å². The molecule has 1 aliphatic rings. The molecule has 2 N–H and O–H groups in total. The van der Waals surface area contributed by atoms with Gasteiger partial charge in [-0.3, -0.25) is 4.79 Å². The van der Waals surface area contributed by atoms with Gasteiger partial charge in [0.2, 0.25) is 0 Å². The lowest BCUT2D eigenvalue weighted by molar-refractivity contribution is -0.138. The van der Waals surface area contributed by atoms with E-state index in [0.717, 1.165) is 22.8 Å². The van der Waals surface area contributed by atoms with E-state index in [1.807, 2.05) is 25.1 Å². The fourth-order valence-corrected chi connectivity index (χ4v) is 2.53. The van der Waals surface area contributed by atoms with E-state index in [0.29, 0.717) is 6.42 Å². The first-order chi connectivity index (χ1) is 9.08. The Morgan fingerprint density at radius 3 is 2.74 bits per heavy atom. The third-order valence-corrected chi connectivity index (χ3v) is 3.76. The minimum atomic E-state index is -0.725. The van der Waals surface area contributed by atoms with Crippen LogP contribution in [-0.2, 0) is 4.79 Å². The number of imidazole rings is 1. The second-order valence-electron chi connectivity index (χ2n) is 5.20. The van der Waals surface area contributed by atoms with Crippen LogP contribution in [0.5, 0.6) is 0 Å². The zero-order chi connectivity index (χ0) is 13.6. The number of benzene rings is 1. The predicted molar refractivity (Wildman–Crippen MR) is 72.0 cm³/mol. The van der Waals surface area contributed by atoms with Gasteiger partial charge >= 0.3 is 5.97 Å². The van der Waals surface area contributed by atoms with E-state index in [4.69, 9.17) is 5.11 Å². The lowest BCUT2D eigenvalue weighted by atomic mass is 10.1. The van der Waals surface area contributed by atoms with Gasteiger partial charge in [0.1, 0.15) is 5.82 Å². The maximum Gasteiger partial charge on any atom is 0.307 e. The van der Waals surface area contributed by atoms with Crippen LogP contribution in [0, 0.1) is 19.8 Å². The minimum Gasteiger partial charge on any atom is -0.481 e. The van der Waals surface area contributed by atoms with Crippen molar-refractivity contribution < 1.29 is 9.90 Å². The first-order valence-electron chi connectivity index (χ1n) is 6.43. The average molecular weight is 256 g/mol. The Balaban J connectivity index is 1.95. The normalized spacial score (nSPS) is 21.4. The number of aliphatic carboxylic acids is 1. The molecular weight excluding hydrogens is 240 g/mol. The molecule has 2 unspecified atom stereocenters. The summed E-state index contributed by atoms with van der Waals surface area (Å²) in [5.74, 6) is -0.135. The van der Waals surface area contributed by atoms with E-state index in [-0.39, 0.29) is 11.8 Å². The molecule has 2 atom stereocenters. The molecule has 2 aromatic rings. The second-order valence-corrected chi connectivity index (χ2v) is 5.20. The van der Waals surface area contributed by atoms with Gasteiger partial charge in [-0.1, -0.05) is 24.3 Å². The zero-order valence-corrected chi connectivity index (χ0v) is 11.0. The quantitative estimate of drug-likeness (QED) is 0.887. The van der Waals surface area contributed by atoms with Crippen molar-refractivity contribution in [2.75, 3.05) is 0 Å². The standard InChI is InChI=1S/C15H16N2O2/c1-8-5-3-4-6-10(8)13-9(2)16-14(17-13)11-7-12(11)15(18)19/h3-6,11-12H,7H2,1-2H3,(H,16,17)(H,18,19). The molecule has 4 heteroatoms. The van der Waals surface area contributed by atoms with E-state index in [1.165, 1.54) is 5.56 Å². The average Bonchev–Trinajstić information content (AvgIpc) is 3.08. The lowest BCUT2D eigenvalue weighted by Crippen LogP contribution is -1.99. The topological polar surface area (TPSA) is 66.0 Å². The van der Waals surface area contributed by atoms with Crippen molar-refractivity contribution in [1.82, 2.24) is 9.97 Å². The Morgan fingerprint density at radius 2 is 2.11 bits per heavy atom. The highest BCUT2D eigenvalue weighted by Gasteiger charge is 2.46. The number of carboxylic acid groups (broad SMARTS) is 1. The van der Waals surface area contributed by atoms with Crippen LogP contribution in [-0.4, -0.2) is 21.0 Å². The van der Waals surface area contributed by atoms with Crippen molar-refractivity contribution in [3.05, 3.63) is 41.3 Å². The molecule has 0 bridgehead atoms. The van der Waals surface area contributed by atoms with Crippen molar-refractivity contribution in [3.8, 4) is 11.3 Å². The van der Waals surface area contributed by atoms with Crippen LogP contribution in [0.4, 0.5) is 0 Å². The smallest absolute Gasteiger partial charge is 0.307 e. The van der Waals surface area contributed by atoms with Gasteiger partial charge in [0.15, 0.2) is 0 Å². The number of rotatable bonds is 3. The molecule has 0 aliphatic heterocycles. The number of H-pyrrole nitrogens is 1. The van der Waals surface area contributed by atoms with E-state index in [1.54, 1.807) is 0 Å². The summed E-state index contributed by atoms with van der Waals surface area (Å²) >= 11 is 0. The summed E-state index contributed by atoms with van der Waals surface area (Å²) in [5, 5.41) is 8.98. The van der Waals surface area contributed by atoms with Crippen molar-refractivity contribution in [1.29, 1.82) is 0 Å². The monoisotopic (exact) mass is 256 g/mol. The SMILES string of the molecule is Cc1ccccc1-c1nc(C2CC2C(=O)O)[nH]c1C. The van der Waals surface area contributed by atoms with Gasteiger partial charge < -0.3 is 10.1 Å². The van der Waals surface area contributed by atoms with Gasteiger partial charge in [-0.05, 0) is 25.8 Å². The summed E-state index contributed by atoms with van der Waals surface area (Å²) in [6, 6.07) is 8.10. The van der Waals surface area contributed by atoms with E-state index in [9.17, 15) is 4.79 Å². The molecule has 1 heterocycles. The van der Waals surface area contributed by atoms with Crippen LogP contribution < -0.4 is 0 Å². The van der Waals surface area contributed by atoms with Crippen molar-refractivity contribution in [2.24, 2.45) is 5.92 Å². The van der Waals surface area contributed by atoms with Gasteiger partial charge in [0, 0.05) is 17.2 Å². The van der Waals surface area contributed by atoms with Gasteiger partial charge in [-0.15, -0.1) is 0 Å². The third kappa shape index (κ3) is 2.03. The van der Waals surface area contributed by atoms with Gasteiger partial charge in [-0.2, -0.15) is 0 Å². The number of hydrogen-bond acceptors (Lipinski definition) is 2. The summed E-state index contributed by atoms with van der Waals surface area (Å²) in [6.07, 6.45) is 0.690. The summed E-state index contributed by atoms with van der Waals surface area (Å²) in [4.78, 5) is 18.8. The van der Waals surface area contributed by atoms with Gasteiger partial charge in [0.05, 0.1) is 11.6 Å². The van der Waals surface area contributed by atoms with Gasteiger partial charge in [0.25, 0.3) is 0 Å². The van der Waals surface area contributed by atoms with E-state index >= 15 is 0 Å². The van der Waals surface area contributed by atoms with Crippen LogP contribution in [0.2, 0.25) is 0 Å². The largest absolute Gasteiger partial charge is 0.481 e. The third-order valence-electron chi connectivity index (χ3n) is 3.76. The second kappa shape index (κ2) is 4.23. The predicted octanol–water partition coefficient (Wildman–Crippen LogP) is 2.88. The van der Waals surface area contributed by atoms with Crippen LogP contribution in [0.1, 0.15) is 29.4 Å². The number of aromatic amines is 1. The highest BCUT2D eigenvalue weighted by atomic mass is 16.4. The molecule has 3 rings (SSSR count). The summed E-state index contributed by atoms with van der Waals surface area (Å²) in [5.41, 5.74) is 4.22. The first-order valence-corrected chi connectivity index (χ1v) is 6.43. The molecule has 0 spiro atoms. The Labute approximate surface area is 111 Å². The fourth-order valence-electron chi connectivity index (χ4n) is 2.53. The van der Waals surface area contributed by atoms with Crippen molar-refractivity contribution in [2.45, 2.75) is 26.2 Å². The summed E-state index contributed by atoms with van der Waals surface area (Å²) in [7, 11) is 0. The Morgan fingerprint density at radius 1 is 1.37 bits per heavy atom. The zero-order valence-electron chi connectivity index (χ0n) is 11.0. The van der Waals surface area contributed by atoms with Crippen LogP contribution in [0.15, 0.2) is 24.3 Å². The molecule has 1 fully saturated rings. The van der Waals surface area contributed by atoms with Crippen molar-refractivity contribution in [3.63, 3.8) is 0 Å². The molecule has 1 aromatic heterocycles. The first kappa shape index (κ1) is 12.0. The summed E-state index contributed by atoms with van der Waals surface area (Å²) < 4.78 is 0. The highest BCUT2D eigenvalue weighted by molar-refractivity contribution is 5.75. The number of aryl methyl sites for hydroxylation is 2. The number of nitrogens with one attached hydrogen (secondary N) is 1. The number of carboxylic acids is 1. The van der Waals surface area contributed by atoms with Crippen LogP contribution in [0.25, 0.3) is 11.3 Å². The highest BCUT2D eigenvalue weighted by Crippen LogP contribution is 2.47. The molecule has 19 heavy (non-hydrogen) atoms. The molecule has 1 aromatic carbocycles. The molecule has 4 nitrogen and oxygen atoms in total. The number of aromatic nitrogens is 2. The molecule has 1 saturated carbocycles. The summed E-state index contributed by atoms with van der Waals surface area (Å²) in [6.45, 7) is 4.04. The Hall–Kier alpha value is -2.10. The number of nitrogens with zero attached hydrogens (tertiary/aromatic N) is 1. The molecular formula is C15H16N2O2.